The van der Waals surface area contributed by atoms with Gasteiger partial charge in [-0.15, -0.1) is 11.8 Å². The summed E-state index contributed by atoms with van der Waals surface area (Å²) in [4.78, 5) is 1.33. The molecule has 1 aromatic rings. The first kappa shape index (κ1) is 12.6. The van der Waals surface area contributed by atoms with Gasteiger partial charge >= 0.3 is 0 Å². The van der Waals surface area contributed by atoms with E-state index < -0.39 is 0 Å². The predicted octanol–water partition coefficient (Wildman–Crippen LogP) is 2.32. The quantitative estimate of drug-likeness (QED) is 0.571. The number of thioether (sulfide) groups is 1. The van der Waals surface area contributed by atoms with Gasteiger partial charge in [-0.25, -0.2) is 0 Å². The van der Waals surface area contributed by atoms with Crippen LogP contribution in [0.15, 0.2) is 29.2 Å². The van der Waals surface area contributed by atoms with Crippen molar-refractivity contribution >= 4 is 11.8 Å². The summed E-state index contributed by atoms with van der Waals surface area (Å²) in [7, 11) is 1.74. The maximum absolute atomic E-state index is 5.49. The standard InChI is InChI=1S/C12H19NOS/c1-14-9-2-10-15-12-5-3-11(4-6-12)7-8-13/h3-6H,2,7-10,13H2,1H3. The van der Waals surface area contributed by atoms with Crippen LogP contribution in [-0.4, -0.2) is 26.0 Å². The van der Waals surface area contributed by atoms with Gasteiger partial charge in [-0.05, 0) is 37.1 Å². The Morgan fingerprint density at radius 3 is 2.60 bits per heavy atom. The van der Waals surface area contributed by atoms with Crippen LogP contribution in [-0.2, 0) is 11.2 Å². The van der Waals surface area contributed by atoms with Crippen LogP contribution < -0.4 is 5.73 Å². The Morgan fingerprint density at radius 2 is 2.00 bits per heavy atom. The Labute approximate surface area is 96.2 Å². The average molecular weight is 225 g/mol. The second-order valence-corrected chi connectivity index (χ2v) is 4.55. The average Bonchev–Trinajstić information content (AvgIpc) is 2.27. The number of hydrogen-bond acceptors (Lipinski definition) is 3. The number of nitrogens with two attached hydrogens (primary N) is 1. The van der Waals surface area contributed by atoms with E-state index in [4.69, 9.17) is 10.5 Å². The molecule has 0 aliphatic heterocycles. The summed E-state index contributed by atoms with van der Waals surface area (Å²) < 4.78 is 5.00. The number of hydrogen-bond donors (Lipinski definition) is 1. The summed E-state index contributed by atoms with van der Waals surface area (Å²) in [5.41, 5.74) is 6.81. The summed E-state index contributed by atoms with van der Waals surface area (Å²) in [6, 6.07) is 8.65. The molecule has 0 amide bonds. The Balaban J connectivity index is 2.29. The van der Waals surface area contributed by atoms with Gasteiger partial charge < -0.3 is 10.5 Å². The van der Waals surface area contributed by atoms with Crippen molar-refractivity contribution in [3.8, 4) is 0 Å². The van der Waals surface area contributed by atoms with Crippen molar-refractivity contribution in [2.45, 2.75) is 17.7 Å². The van der Waals surface area contributed by atoms with Gasteiger partial charge in [-0.3, -0.25) is 0 Å². The van der Waals surface area contributed by atoms with Crippen molar-refractivity contribution in [2.75, 3.05) is 26.0 Å². The lowest BCUT2D eigenvalue weighted by molar-refractivity contribution is 0.200. The fourth-order valence-electron chi connectivity index (χ4n) is 1.31. The van der Waals surface area contributed by atoms with Crippen molar-refractivity contribution in [2.24, 2.45) is 5.73 Å². The van der Waals surface area contributed by atoms with E-state index in [0.29, 0.717) is 0 Å². The van der Waals surface area contributed by atoms with E-state index in [2.05, 4.69) is 24.3 Å². The highest BCUT2D eigenvalue weighted by Gasteiger charge is 1.95. The Kier molecular flexibility index (Phi) is 6.48. The molecule has 0 saturated carbocycles. The van der Waals surface area contributed by atoms with E-state index in [0.717, 1.165) is 31.7 Å². The molecule has 0 radical (unpaired) electrons. The van der Waals surface area contributed by atoms with Gasteiger partial charge in [-0.2, -0.15) is 0 Å². The van der Waals surface area contributed by atoms with Gasteiger partial charge in [0.2, 0.25) is 0 Å². The Hall–Kier alpha value is -0.510. The molecule has 0 aliphatic rings. The van der Waals surface area contributed by atoms with Crippen LogP contribution >= 0.6 is 11.8 Å². The molecule has 0 aromatic heterocycles. The summed E-state index contributed by atoms with van der Waals surface area (Å²) in [6.07, 6.45) is 2.07. The van der Waals surface area contributed by atoms with Gasteiger partial charge in [0.25, 0.3) is 0 Å². The van der Waals surface area contributed by atoms with Crippen LogP contribution in [0.4, 0.5) is 0 Å². The zero-order valence-electron chi connectivity index (χ0n) is 9.24. The first-order valence-corrected chi connectivity index (χ1v) is 6.26. The third kappa shape index (κ3) is 5.21. The van der Waals surface area contributed by atoms with Gasteiger partial charge in [0.05, 0.1) is 0 Å². The van der Waals surface area contributed by atoms with Crippen molar-refractivity contribution < 1.29 is 4.74 Å². The van der Waals surface area contributed by atoms with Gasteiger partial charge in [0.15, 0.2) is 0 Å². The van der Waals surface area contributed by atoms with Crippen molar-refractivity contribution in [1.82, 2.24) is 0 Å². The van der Waals surface area contributed by atoms with Crippen LogP contribution in [0.25, 0.3) is 0 Å². The summed E-state index contributed by atoms with van der Waals surface area (Å²) in [6.45, 7) is 1.57. The van der Waals surface area contributed by atoms with E-state index in [1.54, 1.807) is 7.11 Å². The minimum Gasteiger partial charge on any atom is -0.385 e. The highest BCUT2D eigenvalue weighted by atomic mass is 32.2. The molecule has 0 saturated heterocycles. The van der Waals surface area contributed by atoms with Crippen molar-refractivity contribution in [3.05, 3.63) is 29.8 Å². The molecule has 0 unspecified atom stereocenters. The number of methoxy groups -OCH3 is 1. The van der Waals surface area contributed by atoms with E-state index in [-0.39, 0.29) is 0 Å². The topological polar surface area (TPSA) is 35.2 Å². The Morgan fingerprint density at radius 1 is 1.27 bits per heavy atom. The predicted molar refractivity (Wildman–Crippen MR) is 66.4 cm³/mol. The molecule has 84 valence electrons. The van der Waals surface area contributed by atoms with Crippen LogP contribution in [0.2, 0.25) is 0 Å². The zero-order valence-corrected chi connectivity index (χ0v) is 10.1. The Bertz CT molecular complexity index is 261. The fraction of sp³-hybridized carbons (Fsp3) is 0.500. The molecule has 1 rings (SSSR count). The highest BCUT2D eigenvalue weighted by molar-refractivity contribution is 7.99. The molecule has 0 atom stereocenters. The molecular weight excluding hydrogens is 206 g/mol. The van der Waals surface area contributed by atoms with E-state index in [9.17, 15) is 0 Å². The molecule has 2 nitrogen and oxygen atoms in total. The minimum absolute atomic E-state index is 0.723. The molecule has 0 fully saturated rings. The van der Waals surface area contributed by atoms with Crippen molar-refractivity contribution in [3.63, 3.8) is 0 Å². The largest absolute Gasteiger partial charge is 0.385 e. The van der Waals surface area contributed by atoms with Crippen LogP contribution in [0.5, 0.6) is 0 Å². The molecule has 2 N–H and O–H groups in total. The van der Waals surface area contributed by atoms with E-state index in [1.807, 2.05) is 11.8 Å². The smallest absolute Gasteiger partial charge is 0.0470 e. The number of benzene rings is 1. The summed E-state index contributed by atoms with van der Waals surface area (Å²) >= 11 is 1.88. The number of rotatable bonds is 7. The first-order valence-electron chi connectivity index (χ1n) is 5.27. The lowest BCUT2D eigenvalue weighted by Crippen LogP contribution is -2.02. The molecule has 0 aliphatic carbocycles. The first-order chi connectivity index (χ1) is 7.36. The molecule has 0 spiro atoms. The fourth-order valence-corrected chi connectivity index (χ4v) is 2.14. The minimum atomic E-state index is 0.723. The van der Waals surface area contributed by atoms with Crippen LogP contribution in [0, 0.1) is 0 Å². The molecule has 15 heavy (non-hydrogen) atoms. The second kappa shape index (κ2) is 7.74. The molecule has 0 heterocycles. The van der Waals surface area contributed by atoms with Gasteiger partial charge in [-0.1, -0.05) is 12.1 Å². The lowest BCUT2D eigenvalue weighted by atomic mass is 10.2. The SMILES string of the molecule is COCCCSc1ccc(CCN)cc1. The van der Waals surface area contributed by atoms with Crippen LogP contribution in [0.1, 0.15) is 12.0 Å². The normalized spacial score (nSPS) is 10.5. The van der Waals surface area contributed by atoms with Gasteiger partial charge in [0.1, 0.15) is 0 Å². The number of ether oxygens (including phenoxy) is 1. The lowest BCUT2D eigenvalue weighted by Gasteiger charge is -2.03. The third-order valence-electron chi connectivity index (χ3n) is 2.12. The molecule has 0 bridgehead atoms. The van der Waals surface area contributed by atoms with Crippen LogP contribution in [0.3, 0.4) is 0 Å². The van der Waals surface area contributed by atoms with Gasteiger partial charge in [0, 0.05) is 24.4 Å². The summed E-state index contributed by atoms with van der Waals surface area (Å²) in [5, 5.41) is 0. The molecular formula is C12H19NOS. The zero-order chi connectivity index (χ0) is 10.9. The highest BCUT2D eigenvalue weighted by Crippen LogP contribution is 2.19. The maximum Gasteiger partial charge on any atom is 0.0470 e. The van der Waals surface area contributed by atoms with Crippen molar-refractivity contribution in [1.29, 1.82) is 0 Å². The second-order valence-electron chi connectivity index (χ2n) is 3.38. The monoisotopic (exact) mass is 225 g/mol. The van der Waals surface area contributed by atoms with E-state index >= 15 is 0 Å². The third-order valence-corrected chi connectivity index (χ3v) is 3.22. The maximum atomic E-state index is 5.49. The molecule has 3 heteroatoms. The molecule has 1 aromatic carbocycles. The van der Waals surface area contributed by atoms with E-state index in [1.165, 1.54) is 10.5 Å². The summed E-state index contributed by atoms with van der Waals surface area (Å²) in [5.74, 6) is 1.12.